The van der Waals surface area contributed by atoms with Crippen LogP contribution in [0.1, 0.15) is 32.7 Å². The van der Waals surface area contributed by atoms with Gasteiger partial charge in [-0.2, -0.15) is 5.26 Å². The molecule has 3 heterocycles. The SMILES string of the molecule is Cc1ccc(NS(=O)(=O)c2ccc(C(=O)N3CCc4nc[nH]c(=O)c4CC3)cc2)c2[nH]cc(C#N)c12. The molecule has 0 atom stereocenters. The van der Waals surface area contributed by atoms with Gasteiger partial charge < -0.3 is 14.9 Å². The van der Waals surface area contributed by atoms with Crippen molar-refractivity contribution in [1.82, 2.24) is 19.9 Å². The largest absolute Gasteiger partial charge is 0.358 e. The molecule has 0 spiro atoms. The van der Waals surface area contributed by atoms with Gasteiger partial charge in [0.25, 0.3) is 21.5 Å². The van der Waals surface area contributed by atoms with Crippen molar-refractivity contribution in [3.05, 3.63) is 87.2 Å². The smallest absolute Gasteiger partial charge is 0.261 e. The lowest BCUT2D eigenvalue weighted by Crippen LogP contribution is -2.33. The maximum Gasteiger partial charge on any atom is 0.261 e. The number of nitrogens with zero attached hydrogens (tertiary/aromatic N) is 3. The number of carbonyl (C=O) groups excluding carboxylic acids is 1. The molecule has 2 aromatic heterocycles. The summed E-state index contributed by atoms with van der Waals surface area (Å²) < 4.78 is 28.7. The van der Waals surface area contributed by atoms with E-state index in [4.69, 9.17) is 0 Å². The fraction of sp³-hybridized carbons (Fsp3) is 0.200. The Hall–Kier alpha value is -4.43. The minimum absolute atomic E-state index is 0.00107. The van der Waals surface area contributed by atoms with Crippen LogP contribution in [-0.4, -0.2) is 47.3 Å². The lowest BCUT2D eigenvalue weighted by atomic mass is 10.1. The Labute approximate surface area is 206 Å². The van der Waals surface area contributed by atoms with Gasteiger partial charge in [0.2, 0.25) is 0 Å². The number of nitrogens with one attached hydrogen (secondary N) is 3. The number of hydrogen-bond donors (Lipinski definition) is 3. The Morgan fingerprint density at radius 1 is 1.11 bits per heavy atom. The van der Waals surface area contributed by atoms with Crippen LogP contribution in [0.5, 0.6) is 0 Å². The van der Waals surface area contributed by atoms with E-state index in [1.807, 2.05) is 6.92 Å². The second-order valence-electron chi connectivity index (χ2n) is 8.57. The molecule has 10 nitrogen and oxygen atoms in total. The summed E-state index contributed by atoms with van der Waals surface area (Å²) in [6.07, 6.45) is 3.78. The van der Waals surface area contributed by atoms with E-state index in [0.29, 0.717) is 64.9 Å². The van der Waals surface area contributed by atoms with Gasteiger partial charge in [-0.1, -0.05) is 6.07 Å². The number of rotatable bonds is 4. The number of amides is 1. The molecule has 36 heavy (non-hydrogen) atoms. The number of aromatic amines is 2. The number of anilines is 1. The minimum atomic E-state index is -3.95. The monoisotopic (exact) mass is 502 g/mol. The predicted octanol–water partition coefficient (Wildman–Crippen LogP) is 2.47. The van der Waals surface area contributed by atoms with E-state index in [1.54, 1.807) is 23.2 Å². The molecule has 11 heteroatoms. The van der Waals surface area contributed by atoms with Crippen LogP contribution in [0.15, 0.2) is 58.6 Å². The van der Waals surface area contributed by atoms with Crippen molar-refractivity contribution >= 4 is 32.5 Å². The average Bonchev–Trinajstić information content (AvgIpc) is 3.20. The number of aromatic nitrogens is 3. The van der Waals surface area contributed by atoms with Gasteiger partial charge in [-0.25, -0.2) is 13.4 Å². The maximum atomic E-state index is 13.1. The van der Waals surface area contributed by atoms with E-state index in [0.717, 1.165) is 5.56 Å². The lowest BCUT2D eigenvalue weighted by molar-refractivity contribution is 0.0762. The molecule has 2 aromatic carbocycles. The fourth-order valence-electron chi connectivity index (χ4n) is 4.50. The van der Waals surface area contributed by atoms with Crippen LogP contribution in [0.25, 0.3) is 10.9 Å². The maximum absolute atomic E-state index is 13.1. The molecule has 1 aliphatic rings. The van der Waals surface area contributed by atoms with E-state index in [2.05, 4.69) is 25.7 Å². The molecule has 1 amide bonds. The van der Waals surface area contributed by atoms with Crippen LogP contribution < -0.4 is 10.3 Å². The molecule has 0 radical (unpaired) electrons. The van der Waals surface area contributed by atoms with E-state index in [-0.39, 0.29) is 16.4 Å². The summed E-state index contributed by atoms with van der Waals surface area (Å²) in [6, 6.07) is 11.2. The Morgan fingerprint density at radius 3 is 2.61 bits per heavy atom. The number of H-pyrrole nitrogens is 2. The molecule has 0 unspecified atom stereocenters. The Balaban J connectivity index is 1.35. The van der Waals surface area contributed by atoms with Crippen LogP contribution >= 0.6 is 0 Å². The fourth-order valence-corrected chi connectivity index (χ4v) is 5.57. The van der Waals surface area contributed by atoms with Crippen LogP contribution in [0.2, 0.25) is 0 Å². The molecule has 0 saturated heterocycles. The molecule has 3 N–H and O–H groups in total. The molecule has 0 saturated carbocycles. The summed E-state index contributed by atoms with van der Waals surface area (Å²) >= 11 is 0. The number of sulfonamides is 1. The molecule has 0 bridgehead atoms. The number of carbonyl (C=O) groups is 1. The highest BCUT2D eigenvalue weighted by atomic mass is 32.2. The Morgan fingerprint density at radius 2 is 1.86 bits per heavy atom. The third-order valence-corrected chi connectivity index (χ3v) is 7.78. The lowest BCUT2D eigenvalue weighted by Gasteiger charge is -2.20. The topological polar surface area (TPSA) is 152 Å². The summed E-state index contributed by atoms with van der Waals surface area (Å²) in [6.45, 7) is 2.63. The molecule has 0 aliphatic carbocycles. The normalized spacial score (nSPS) is 13.6. The van der Waals surface area contributed by atoms with Gasteiger partial charge in [0, 0.05) is 42.2 Å². The van der Waals surface area contributed by atoms with Crippen LogP contribution in [0, 0.1) is 18.3 Å². The van der Waals surface area contributed by atoms with Crippen LogP contribution in [0.3, 0.4) is 0 Å². The van der Waals surface area contributed by atoms with Gasteiger partial charge >= 0.3 is 0 Å². The second kappa shape index (κ2) is 8.98. The van der Waals surface area contributed by atoms with E-state index >= 15 is 0 Å². The van der Waals surface area contributed by atoms with Gasteiger partial charge in [0.05, 0.1) is 33.7 Å². The highest BCUT2D eigenvalue weighted by molar-refractivity contribution is 7.92. The molecular weight excluding hydrogens is 480 g/mol. The highest BCUT2D eigenvalue weighted by Crippen LogP contribution is 2.30. The van der Waals surface area contributed by atoms with Crippen molar-refractivity contribution in [2.24, 2.45) is 0 Å². The molecular formula is C25H22N6O4S. The Bertz CT molecular complexity index is 1700. The first-order chi connectivity index (χ1) is 17.3. The summed E-state index contributed by atoms with van der Waals surface area (Å²) in [5.41, 5.74) is 3.58. The van der Waals surface area contributed by atoms with Crippen molar-refractivity contribution in [2.45, 2.75) is 24.7 Å². The van der Waals surface area contributed by atoms with Gasteiger partial charge in [-0.3, -0.25) is 14.3 Å². The first-order valence-corrected chi connectivity index (χ1v) is 12.7. The van der Waals surface area contributed by atoms with Gasteiger partial charge in [0.15, 0.2) is 0 Å². The molecule has 1 aliphatic heterocycles. The number of benzene rings is 2. The molecule has 182 valence electrons. The number of aryl methyl sites for hydroxylation is 1. The van der Waals surface area contributed by atoms with Crippen LogP contribution in [0.4, 0.5) is 5.69 Å². The number of fused-ring (bicyclic) bond motifs is 2. The van der Waals surface area contributed by atoms with Gasteiger partial charge in [-0.05, 0) is 49.2 Å². The highest BCUT2D eigenvalue weighted by Gasteiger charge is 2.23. The third kappa shape index (κ3) is 4.12. The molecule has 0 fully saturated rings. The standard InChI is InChI=1S/C25H22N6O4S/c1-15-2-7-21(23-22(15)17(12-26)13-27-23)30-36(34,35)18-5-3-16(4-6-18)25(33)31-10-8-19-20(9-11-31)28-14-29-24(19)32/h2-7,13-14,27,30H,8-11H2,1H3,(H,28,29,32). The van der Waals surface area contributed by atoms with Gasteiger partial charge in [0.1, 0.15) is 6.07 Å². The predicted molar refractivity (Wildman–Crippen MR) is 133 cm³/mol. The summed E-state index contributed by atoms with van der Waals surface area (Å²) in [5, 5.41) is 9.99. The quantitative estimate of drug-likeness (QED) is 0.390. The molecule has 4 aromatic rings. The summed E-state index contributed by atoms with van der Waals surface area (Å²) in [4.78, 5) is 36.5. The zero-order valence-electron chi connectivity index (χ0n) is 19.3. The first kappa shape index (κ1) is 23.3. The van der Waals surface area contributed by atoms with Gasteiger partial charge in [-0.15, -0.1) is 0 Å². The van der Waals surface area contributed by atoms with Crippen molar-refractivity contribution < 1.29 is 13.2 Å². The summed E-state index contributed by atoms with van der Waals surface area (Å²) in [5.74, 6) is -0.244. The minimum Gasteiger partial charge on any atom is -0.358 e. The second-order valence-corrected chi connectivity index (χ2v) is 10.3. The first-order valence-electron chi connectivity index (χ1n) is 11.3. The van der Waals surface area contributed by atoms with E-state index in [9.17, 15) is 23.3 Å². The van der Waals surface area contributed by atoms with E-state index < -0.39 is 10.0 Å². The average molecular weight is 503 g/mol. The van der Waals surface area contributed by atoms with Crippen molar-refractivity contribution in [3.63, 3.8) is 0 Å². The molecule has 5 rings (SSSR count). The summed E-state index contributed by atoms with van der Waals surface area (Å²) in [7, 11) is -3.95. The Kier molecular flexibility index (Phi) is 5.81. The van der Waals surface area contributed by atoms with Crippen LogP contribution in [-0.2, 0) is 22.9 Å². The number of nitriles is 1. The third-order valence-electron chi connectivity index (χ3n) is 6.40. The zero-order valence-corrected chi connectivity index (χ0v) is 20.1. The van der Waals surface area contributed by atoms with E-state index in [1.165, 1.54) is 30.6 Å². The number of hydrogen-bond acceptors (Lipinski definition) is 6. The van der Waals surface area contributed by atoms with Crippen molar-refractivity contribution in [2.75, 3.05) is 17.8 Å². The van der Waals surface area contributed by atoms with Crippen molar-refractivity contribution in [3.8, 4) is 6.07 Å². The zero-order chi connectivity index (χ0) is 25.4. The van der Waals surface area contributed by atoms with Crippen molar-refractivity contribution in [1.29, 1.82) is 5.26 Å².